The molecule has 0 aliphatic carbocycles. The molecule has 2 aromatic heterocycles. The second-order valence-electron chi connectivity index (χ2n) is 4.17. The van der Waals surface area contributed by atoms with E-state index in [0.29, 0.717) is 11.5 Å². The SMILES string of the molecule is NCc1ccc(-c2nc(-c3ccccc3[N+](=O)[O-])no2)o1. The number of furan rings is 1. The maximum absolute atomic E-state index is 11.0. The molecule has 0 amide bonds. The largest absolute Gasteiger partial charge is 0.455 e. The van der Waals surface area contributed by atoms with Crippen molar-refractivity contribution in [2.24, 2.45) is 5.73 Å². The van der Waals surface area contributed by atoms with E-state index < -0.39 is 4.92 Å². The molecular formula is C13H10N4O4. The maximum Gasteiger partial charge on any atom is 0.293 e. The van der Waals surface area contributed by atoms with E-state index >= 15 is 0 Å². The summed E-state index contributed by atoms with van der Waals surface area (Å²) in [6, 6.07) is 9.52. The minimum Gasteiger partial charge on any atom is -0.455 e. The minimum atomic E-state index is -0.495. The van der Waals surface area contributed by atoms with Crippen molar-refractivity contribution in [3.8, 4) is 23.0 Å². The highest BCUT2D eigenvalue weighted by Gasteiger charge is 2.20. The summed E-state index contributed by atoms with van der Waals surface area (Å²) in [5, 5.41) is 14.8. The Morgan fingerprint density at radius 1 is 1.24 bits per heavy atom. The van der Waals surface area contributed by atoms with Crippen LogP contribution in [-0.4, -0.2) is 15.1 Å². The Morgan fingerprint density at radius 3 is 2.76 bits per heavy atom. The average molecular weight is 286 g/mol. The van der Waals surface area contributed by atoms with E-state index in [9.17, 15) is 10.1 Å². The molecule has 0 saturated carbocycles. The number of aromatic nitrogens is 2. The van der Waals surface area contributed by atoms with Crippen molar-refractivity contribution in [1.29, 1.82) is 0 Å². The number of nitrogens with zero attached hydrogens (tertiary/aromatic N) is 3. The molecule has 0 bridgehead atoms. The van der Waals surface area contributed by atoms with Crippen molar-refractivity contribution in [3.05, 3.63) is 52.3 Å². The van der Waals surface area contributed by atoms with Crippen LogP contribution in [0.1, 0.15) is 5.76 Å². The number of nitrogens with two attached hydrogens (primary N) is 1. The minimum absolute atomic E-state index is 0.0908. The maximum atomic E-state index is 11.0. The van der Waals surface area contributed by atoms with Crippen LogP contribution in [0.4, 0.5) is 5.69 Å². The Labute approximate surface area is 118 Å². The number of nitro groups is 1. The Morgan fingerprint density at radius 2 is 2.05 bits per heavy atom. The predicted octanol–water partition coefficient (Wildman–Crippen LogP) is 2.36. The highest BCUT2D eigenvalue weighted by atomic mass is 16.6. The van der Waals surface area contributed by atoms with Gasteiger partial charge in [0.2, 0.25) is 5.82 Å². The molecule has 2 N–H and O–H groups in total. The molecule has 21 heavy (non-hydrogen) atoms. The van der Waals surface area contributed by atoms with Gasteiger partial charge in [0.05, 0.1) is 11.5 Å². The molecule has 3 rings (SSSR count). The molecule has 0 atom stereocenters. The molecule has 106 valence electrons. The van der Waals surface area contributed by atoms with Gasteiger partial charge in [-0.3, -0.25) is 10.1 Å². The monoisotopic (exact) mass is 286 g/mol. The smallest absolute Gasteiger partial charge is 0.293 e. The van der Waals surface area contributed by atoms with E-state index in [1.54, 1.807) is 30.3 Å². The molecule has 1 aromatic carbocycles. The van der Waals surface area contributed by atoms with Crippen LogP contribution in [0.3, 0.4) is 0 Å². The molecule has 0 aliphatic heterocycles. The highest BCUT2D eigenvalue weighted by molar-refractivity contribution is 5.68. The summed E-state index contributed by atoms with van der Waals surface area (Å²) in [5.74, 6) is 1.22. The molecule has 0 spiro atoms. The van der Waals surface area contributed by atoms with Gasteiger partial charge in [-0.25, -0.2) is 0 Å². The van der Waals surface area contributed by atoms with Crippen LogP contribution in [0.25, 0.3) is 23.0 Å². The Kier molecular flexibility index (Phi) is 3.20. The highest BCUT2D eigenvalue weighted by Crippen LogP contribution is 2.29. The third kappa shape index (κ3) is 2.39. The van der Waals surface area contributed by atoms with Gasteiger partial charge in [-0.05, 0) is 18.2 Å². The van der Waals surface area contributed by atoms with Crippen molar-refractivity contribution in [2.45, 2.75) is 6.54 Å². The first-order valence-electron chi connectivity index (χ1n) is 6.05. The van der Waals surface area contributed by atoms with Crippen molar-refractivity contribution in [2.75, 3.05) is 0 Å². The third-order valence-electron chi connectivity index (χ3n) is 2.84. The van der Waals surface area contributed by atoms with Gasteiger partial charge >= 0.3 is 0 Å². The number of rotatable bonds is 4. The number of hydrogen-bond acceptors (Lipinski definition) is 7. The zero-order chi connectivity index (χ0) is 14.8. The zero-order valence-electron chi connectivity index (χ0n) is 10.7. The molecular weight excluding hydrogens is 276 g/mol. The van der Waals surface area contributed by atoms with E-state index in [4.69, 9.17) is 14.7 Å². The molecule has 8 nitrogen and oxygen atoms in total. The third-order valence-corrected chi connectivity index (χ3v) is 2.84. The first-order chi connectivity index (χ1) is 10.2. The summed E-state index contributed by atoms with van der Waals surface area (Å²) < 4.78 is 10.5. The van der Waals surface area contributed by atoms with E-state index in [2.05, 4.69) is 10.1 Å². The van der Waals surface area contributed by atoms with Crippen LogP contribution in [0.2, 0.25) is 0 Å². The van der Waals surface area contributed by atoms with Crippen LogP contribution in [0.5, 0.6) is 0 Å². The van der Waals surface area contributed by atoms with Crippen molar-refractivity contribution >= 4 is 5.69 Å². The molecule has 8 heteroatoms. The van der Waals surface area contributed by atoms with Crippen molar-refractivity contribution in [1.82, 2.24) is 10.1 Å². The lowest BCUT2D eigenvalue weighted by molar-refractivity contribution is -0.384. The molecule has 0 saturated heterocycles. The molecule has 0 unspecified atom stereocenters. The number of benzene rings is 1. The van der Waals surface area contributed by atoms with Crippen LogP contribution in [0.15, 0.2) is 45.3 Å². The fraction of sp³-hybridized carbons (Fsp3) is 0.0769. The van der Waals surface area contributed by atoms with Crippen LogP contribution in [0, 0.1) is 10.1 Å². The van der Waals surface area contributed by atoms with Gasteiger partial charge in [-0.1, -0.05) is 17.3 Å². The number of nitro benzene ring substituents is 1. The van der Waals surface area contributed by atoms with E-state index in [-0.39, 0.29) is 29.5 Å². The molecule has 0 radical (unpaired) electrons. The normalized spacial score (nSPS) is 10.7. The van der Waals surface area contributed by atoms with Gasteiger partial charge in [0.25, 0.3) is 11.6 Å². The summed E-state index contributed by atoms with van der Waals surface area (Å²) in [6.45, 7) is 0.255. The first kappa shape index (κ1) is 13.0. The molecule has 0 aliphatic rings. The second-order valence-corrected chi connectivity index (χ2v) is 4.17. The van der Waals surface area contributed by atoms with Gasteiger partial charge in [0.15, 0.2) is 5.76 Å². The fourth-order valence-electron chi connectivity index (χ4n) is 1.86. The second kappa shape index (κ2) is 5.17. The van der Waals surface area contributed by atoms with Gasteiger partial charge in [-0.2, -0.15) is 4.98 Å². The quantitative estimate of drug-likeness (QED) is 0.577. The lowest BCUT2D eigenvalue weighted by atomic mass is 10.2. The summed E-state index contributed by atoms with van der Waals surface area (Å²) >= 11 is 0. The van der Waals surface area contributed by atoms with E-state index in [1.165, 1.54) is 6.07 Å². The van der Waals surface area contributed by atoms with Crippen molar-refractivity contribution < 1.29 is 13.9 Å². The Balaban J connectivity index is 2.01. The summed E-state index contributed by atoms with van der Waals surface area (Å²) in [4.78, 5) is 14.6. The standard InChI is InChI=1S/C13H10N4O4/c14-7-8-5-6-11(20-8)13-15-12(16-21-13)9-3-1-2-4-10(9)17(18)19/h1-6H,7,14H2. The summed E-state index contributed by atoms with van der Waals surface area (Å²) in [6.07, 6.45) is 0. The van der Waals surface area contributed by atoms with Crippen LogP contribution in [-0.2, 0) is 6.54 Å². The van der Waals surface area contributed by atoms with Crippen molar-refractivity contribution in [3.63, 3.8) is 0 Å². The van der Waals surface area contributed by atoms with Crippen LogP contribution < -0.4 is 5.73 Å². The number of para-hydroxylation sites is 1. The van der Waals surface area contributed by atoms with Gasteiger partial charge < -0.3 is 14.7 Å². The van der Waals surface area contributed by atoms with Gasteiger partial charge in [0.1, 0.15) is 11.3 Å². The topological polar surface area (TPSA) is 121 Å². The lowest BCUT2D eigenvalue weighted by Gasteiger charge is -1.96. The van der Waals surface area contributed by atoms with Crippen LogP contribution >= 0.6 is 0 Å². The lowest BCUT2D eigenvalue weighted by Crippen LogP contribution is -1.92. The fourth-order valence-corrected chi connectivity index (χ4v) is 1.86. The van der Waals surface area contributed by atoms with Gasteiger partial charge in [0, 0.05) is 6.07 Å². The summed E-state index contributed by atoms with van der Waals surface area (Å²) in [5.41, 5.74) is 5.65. The zero-order valence-corrected chi connectivity index (χ0v) is 10.7. The predicted molar refractivity (Wildman–Crippen MR) is 72.0 cm³/mol. The molecule has 2 heterocycles. The molecule has 3 aromatic rings. The number of hydrogen-bond donors (Lipinski definition) is 1. The Hall–Kier alpha value is -3.00. The van der Waals surface area contributed by atoms with Gasteiger partial charge in [-0.15, -0.1) is 0 Å². The first-order valence-corrected chi connectivity index (χ1v) is 6.05. The Bertz CT molecular complexity index is 793. The average Bonchev–Trinajstić information content (AvgIpc) is 3.16. The van der Waals surface area contributed by atoms with E-state index in [0.717, 1.165) is 0 Å². The molecule has 0 fully saturated rings. The summed E-state index contributed by atoms with van der Waals surface area (Å²) in [7, 11) is 0. The van der Waals surface area contributed by atoms with E-state index in [1.807, 2.05) is 0 Å².